The van der Waals surface area contributed by atoms with Crippen molar-refractivity contribution >= 4 is 12.2 Å². The van der Waals surface area contributed by atoms with Crippen molar-refractivity contribution in [3.63, 3.8) is 0 Å². The third-order valence-electron chi connectivity index (χ3n) is 2.61. The second-order valence-corrected chi connectivity index (χ2v) is 4.02. The molecule has 2 rings (SSSR count). The second kappa shape index (κ2) is 5.35. The molecule has 0 saturated heterocycles. The van der Waals surface area contributed by atoms with E-state index in [1.54, 1.807) is 24.3 Å². The van der Waals surface area contributed by atoms with Gasteiger partial charge in [-0.05, 0) is 23.8 Å². The van der Waals surface area contributed by atoms with Crippen molar-refractivity contribution in [3.8, 4) is 23.0 Å². The van der Waals surface area contributed by atoms with Crippen LogP contribution in [0.4, 0.5) is 0 Å². The normalized spacial score (nSPS) is 10.8. The molecule has 98 valence electrons. The molecule has 0 atom stereocenters. The maximum atomic E-state index is 9.64. The molecule has 0 unspecified atom stereocenters. The molecule has 0 aliphatic heterocycles. The smallest absolute Gasteiger partial charge is 0.167 e. The Hall–Kier alpha value is -2.62. The predicted molar refractivity (Wildman–Crippen MR) is 73.4 cm³/mol. The lowest BCUT2D eigenvalue weighted by atomic mass is 10.1. The summed E-state index contributed by atoms with van der Waals surface area (Å²) in [5, 5.41) is 28.4. The van der Waals surface area contributed by atoms with Gasteiger partial charge in [0.05, 0.1) is 7.11 Å². The summed E-state index contributed by atoms with van der Waals surface area (Å²) in [6.45, 7) is 0. The summed E-state index contributed by atoms with van der Waals surface area (Å²) in [4.78, 5) is 0. The van der Waals surface area contributed by atoms with Crippen molar-refractivity contribution in [2.45, 2.75) is 0 Å². The minimum Gasteiger partial charge on any atom is -0.508 e. The van der Waals surface area contributed by atoms with Crippen LogP contribution in [0.1, 0.15) is 11.1 Å². The van der Waals surface area contributed by atoms with Gasteiger partial charge in [0.2, 0.25) is 0 Å². The SMILES string of the molecule is COc1c(O)cccc1/C=C/c1cc(O)cc(O)c1. The van der Waals surface area contributed by atoms with E-state index < -0.39 is 0 Å². The summed E-state index contributed by atoms with van der Waals surface area (Å²) >= 11 is 0. The molecular formula is C15H14O4. The maximum Gasteiger partial charge on any atom is 0.167 e. The summed E-state index contributed by atoms with van der Waals surface area (Å²) in [5.74, 6) is 0.413. The summed E-state index contributed by atoms with van der Waals surface area (Å²) in [7, 11) is 1.48. The molecule has 0 spiro atoms. The van der Waals surface area contributed by atoms with E-state index in [0.717, 1.165) is 0 Å². The summed E-state index contributed by atoms with van der Waals surface area (Å²) in [6.07, 6.45) is 3.43. The molecule has 0 amide bonds. The van der Waals surface area contributed by atoms with Gasteiger partial charge < -0.3 is 20.1 Å². The monoisotopic (exact) mass is 258 g/mol. The van der Waals surface area contributed by atoms with E-state index in [2.05, 4.69) is 0 Å². The van der Waals surface area contributed by atoms with Crippen LogP contribution in [0, 0.1) is 0 Å². The molecule has 2 aromatic rings. The molecule has 0 aromatic heterocycles. The van der Waals surface area contributed by atoms with Gasteiger partial charge in [-0.25, -0.2) is 0 Å². The fourth-order valence-corrected chi connectivity index (χ4v) is 1.80. The first-order valence-corrected chi connectivity index (χ1v) is 5.67. The van der Waals surface area contributed by atoms with Gasteiger partial charge in [-0.1, -0.05) is 24.3 Å². The highest BCUT2D eigenvalue weighted by molar-refractivity contribution is 5.75. The molecule has 0 heterocycles. The molecule has 4 heteroatoms. The number of para-hydroxylation sites is 1. The fraction of sp³-hybridized carbons (Fsp3) is 0.0667. The van der Waals surface area contributed by atoms with Gasteiger partial charge in [-0.15, -0.1) is 0 Å². The van der Waals surface area contributed by atoms with Gasteiger partial charge in [0, 0.05) is 11.6 Å². The Morgan fingerprint density at radius 1 is 0.947 bits per heavy atom. The molecular weight excluding hydrogens is 244 g/mol. The number of hydrogen-bond donors (Lipinski definition) is 3. The van der Waals surface area contributed by atoms with Gasteiger partial charge >= 0.3 is 0 Å². The minimum atomic E-state index is -0.0116. The molecule has 0 aliphatic carbocycles. The van der Waals surface area contributed by atoms with E-state index in [4.69, 9.17) is 4.74 Å². The van der Waals surface area contributed by atoms with Crippen molar-refractivity contribution in [3.05, 3.63) is 47.5 Å². The molecule has 0 aliphatic rings. The Kier molecular flexibility index (Phi) is 3.61. The number of rotatable bonds is 3. The Morgan fingerprint density at radius 3 is 2.26 bits per heavy atom. The van der Waals surface area contributed by atoms with Crippen LogP contribution in [-0.2, 0) is 0 Å². The Bertz CT molecular complexity index is 597. The number of methoxy groups -OCH3 is 1. The molecule has 4 nitrogen and oxygen atoms in total. The topological polar surface area (TPSA) is 69.9 Å². The zero-order chi connectivity index (χ0) is 13.8. The molecule has 3 N–H and O–H groups in total. The zero-order valence-electron chi connectivity index (χ0n) is 10.4. The van der Waals surface area contributed by atoms with Gasteiger partial charge in [-0.2, -0.15) is 0 Å². The van der Waals surface area contributed by atoms with Crippen molar-refractivity contribution in [1.82, 2.24) is 0 Å². The van der Waals surface area contributed by atoms with Crippen LogP contribution in [0.5, 0.6) is 23.0 Å². The van der Waals surface area contributed by atoms with E-state index in [-0.39, 0.29) is 17.2 Å². The van der Waals surface area contributed by atoms with Crippen LogP contribution in [-0.4, -0.2) is 22.4 Å². The second-order valence-electron chi connectivity index (χ2n) is 4.02. The van der Waals surface area contributed by atoms with Crippen LogP contribution >= 0.6 is 0 Å². The first-order valence-electron chi connectivity index (χ1n) is 5.67. The molecule has 0 saturated carbocycles. The molecule has 0 fully saturated rings. The number of ether oxygens (including phenoxy) is 1. The quantitative estimate of drug-likeness (QED) is 0.740. The van der Waals surface area contributed by atoms with Crippen molar-refractivity contribution in [1.29, 1.82) is 0 Å². The fourth-order valence-electron chi connectivity index (χ4n) is 1.80. The van der Waals surface area contributed by atoms with Gasteiger partial charge in [0.15, 0.2) is 11.5 Å². The Morgan fingerprint density at radius 2 is 1.63 bits per heavy atom. The minimum absolute atomic E-state index is 0.0116. The van der Waals surface area contributed by atoms with Crippen LogP contribution in [0.25, 0.3) is 12.2 Å². The van der Waals surface area contributed by atoms with Crippen molar-refractivity contribution in [2.24, 2.45) is 0 Å². The Balaban J connectivity index is 2.35. The van der Waals surface area contributed by atoms with E-state index in [9.17, 15) is 15.3 Å². The largest absolute Gasteiger partial charge is 0.508 e. The van der Waals surface area contributed by atoms with Crippen LogP contribution < -0.4 is 4.74 Å². The summed E-state index contributed by atoms with van der Waals surface area (Å²) in [5.41, 5.74) is 1.34. The highest BCUT2D eigenvalue weighted by atomic mass is 16.5. The molecule has 2 aromatic carbocycles. The lowest BCUT2D eigenvalue weighted by Gasteiger charge is -2.06. The van der Waals surface area contributed by atoms with Crippen LogP contribution in [0.15, 0.2) is 36.4 Å². The maximum absolute atomic E-state index is 9.64. The molecule has 0 radical (unpaired) electrons. The van der Waals surface area contributed by atoms with E-state index in [1.807, 2.05) is 0 Å². The lowest BCUT2D eigenvalue weighted by molar-refractivity contribution is 0.372. The third-order valence-corrected chi connectivity index (χ3v) is 2.61. The average molecular weight is 258 g/mol. The summed E-state index contributed by atoms with van der Waals surface area (Å²) in [6, 6.07) is 9.33. The van der Waals surface area contributed by atoms with E-state index >= 15 is 0 Å². The number of phenolic OH excluding ortho intramolecular Hbond substituents is 3. The van der Waals surface area contributed by atoms with Gasteiger partial charge in [0.1, 0.15) is 11.5 Å². The van der Waals surface area contributed by atoms with Gasteiger partial charge in [-0.3, -0.25) is 0 Å². The lowest BCUT2D eigenvalue weighted by Crippen LogP contribution is -1.87. The predicted octanol–water partition coefficient (Wildman–Crippen LogP) is 2.98. The first-order chi connectivity index (χ1) is 9.10. The Labute approximate surface area is 110 Å². The average Bonchev–Trinajstić information content (AvgIpc) is 2.35. The van der Waals surface area contributed by atoms with Crippen LogP contribution in [0.3, 0.4) is 0 Å². The molecule has 19 heavy (non-hydrogen) atoms. The standard InChI is InChI=1S/C15H14O4/c1-19-15-11(3-2-4-14(15)18)6-5-10-7-12(16)9-13(17)8-10/h2-9,16-18H,1H3/b6-5+. The van der Waals surface area contributed by atoms with E-state index in [1.165, 1.54) is 31.4 Å². The zero-order valence-corrected chi connectivity index (χ0v) is 10.4. The highest BCUT2D eigenvalue weighted by Crippen LogP contribution is 2.31. The number of benzene rings is 2. The van der Waals surface area contributed by atoms with E-state index in [0.29, 0.717) is 16.9 Å². The van der Waals surface area contributed by atoms with Crippen molar-refractivity contribution in [2.75, 3.05) is 7.11 Å². The van der Waals surface area contributed by atoms with Gasteiger partial charge in [0.25, 0.3) is 0 Å². The number of hydrogen-bond acceptors (Lipinski definition) is 4. The highest BCUT2D eigenvalue weighted by Gasteiger charge is 2.04. The van der Waals surface area contributed by atoms with Crippen molar-refractivity contribution < 1.29 is 20.1 Å². The number of aromatic hydroxyl groups is 3. The first kappa shape index (κ1) is 12.8. The third kappa shape index (κ3) is 2.98. The molecule has 0 bridgehead atoms. The summed E-state index contributed by atoms with van der Waals surface area (Å²) < 4.78 is 5.11. The number of phenols is 3. The van der Waals surface area contributed by atoms with Crippen LogP contribution in [0.2, 0.25) is 0 Å².